The van der Waals surface area contributed by atoms with E-state index in [4.69, 9.17) is 9.84 Å². The van der Waals surface area contributed by atoms with Crippen LogP contribution in [0.5, 0.6) is 0 Å². The maximum atomic E-state index is 13.8. The van der Waals surface area contributed by atoms with Crippen molar-refractivity contribution in [3.63, 3.8) is 0 Å². The Labute approximate surface area is 126 Å². The zero-order valence-electron chi connectivity index (χ0n) is 11.9. The highest BCUT2D eigenvalue weighted by Gasteiger charge is 2.28. The first kappa shape index (κ1) is 16.4. The van der Waals surface area contributed by atoms with Gasteiger partial charge in [0.1, 0.15) is 11.6 Å². The molecule has 1 amide bonds. The van der Waals surface area contributed by atoms with Crippen LogP contribution in [0.3, 0.4) is 0 Å². The molecule has 1 heterocycles. The van der Waals surface area contributed by atoms with Crippen molar-refractivity contribution in [2.24, 2.45) is 0 Å². The molecule has 22 heavy (non-hydrogen) atoms. The third kappa shape index (κ3) is 4.00. The van der Waals surface area contributed by atoms with Crippen LogP contribution in [-0.4, -0.2) is 47.7 Å². The van der Waals surface area contributed by atoms with Gasteiger partial charge in [-0.1, -0.05) is 0 Å². The molecule has 120 valence electrons. The number of halogens is 2. The van der Waals surface area contributed by atoms with Gasteiger partial charge in [0.15, 0.2) is 0 Å². The predicted molar refractivity (Wildman–Crippen MR) is 73.5 cm³/mol. The molecular weight excluding hydrogens is 296 g/mol. The number of benzene rings is 1. The van der Waals surface area contributed by atoms with Crippen LogP contribution in [0.4, 0.5) is 8.78 Å². The van der Waals surface area contributed by atoms with Crippen molar-refractivity contribution in [2.75, 3.05) is 19.8 Å². The smallest absolute Gasteiger partial charge is 0.305 e. The SMILES string of the molecule is O=C(O)CCN(C(=O)c1cc(F)ccc1F)C1CCOCC1. The summed E-state index contributed by atoms with van der Waals surface area (Å²) in [6.07, 6.45) is 0.838. The standard InChI is InChI=1S/C15H17F2NO4/c16-10-1-2-13(17)12(9-10)15(21)18(6-3-14(19)20)11-4-7-22-8-5-11/h1-2,9,11H,3-8H2,(H,19,20). The molecule has 5 nitrogen and oxygen atoms in total. The molecule has 0 unspecified atom stereocenters. The molecule has 0 aromatic heterocycles. The summed E-state index contributed by atoms with van der Waals surface area (Å²) in [6, 6.07) is 2.43. The van der Waals surface area contributed by atoms with Crippen molar-refractivity contribution < 1.29 is 28.2 Å². The number of carboxylic acid groups (broad SMARTS) is 1. The molecule has 0 bridgehead atoms. The van der Waals surface area contributed by atoms with E-state index in [1.54, 1.807) is 0 Å². The molecule has 0 aliphatic carbocycles. The summed E-state index contributed by atoms with van der Waals surface area (Å²) in [5.74, 6) is -3.27. The molecule has 7 heteroatoms. The van der Waals surface area contributed by atoms with Gasteiger partial charge in [0.2, 0.25) is 0 Å². The van der Waals surface area contributed by atoms with E-state index in [1.165, 1.54) is 4.90 Å². The van der Waals surface area contributed by atoms with Gasteiger partial charge in [0, 0.05) is 25.8 Å². The Balaban J connectivity index is 2.23. The van der Waals surface area contributed by atoms with Crippen LogP contribution in [0.25, 0.3) is 0 Å². The molecule has 0 spiro atoms. The second kappa shape index (κ2) is 7.31. The summed E-state index contributed by atoms with van der Waals surface area (Å²) in [5, 5.41) is 8.82. The number of aliphatic carboxylic acids is 1. The average molecular weight is 313 g/mol. The monoisotopic (exact) mass is 313 g/mol. The van der Waals surface area contributed by atoms with Gasteiger partial charge in [0.25, 0.3) is 5.91 Å². The highest BCUT2D eigenvalue weighted by Crippen LogP contribution is 2.20. The summed E-state index contributed by atoms with van der Waals surface area (Å²) < 4.78 is 32.3. The molecule has 1 N–H and O–H groups in total. The molecule has 0 saturated carbocycles. The number of rotatable bonds is 5. The van der Waals surface area contributed by atoms with Gasteiger partial charge in [0.05, 0.1) is 12.0 Å². The number of hydrogen-bond acceptors (Lipinski definition) is 3. The zero-order valence-corrected chi connectivity index (χ0v) is 11.9. The lowest BCUT2D eigenvalue weighted by atomic mass is 10.0. The number of amides is 1. The lowest BCUT2D eigenvalue weighted by Gasteiger charge is -2.34. The first-order chi connectivity index (χ1) is 10.5. The Hall–Kier alpha value is -2.02. The number of hydrogen-bond donors (Lipinski definition) is 1. The summed E-state index contributed by atoms with van der Waals surface area (Å²) in [5.41, 5.74) is -0.378. The highest BCUT2D eigenvalue weighted by molar-refractivity contribution is 5.95. The quantitative estimate of drug-likeness (QED) is 0.903. The van der Waals surface area contributed by atoms with E-state index in [1.807, 2.05) is 0 Å². The molecule has 1 fully saturated rings. The highest BCUT2D eigenvalue weighted by atomic mass is 19.1. The van der Waals surface area contributed by atoms with Crippen molar-refractivity contribution in [3.8, 4) is 0 Å². The minimum atomic E-state index is -1.05. The van der Waals surface area contributed by atoms with Crippen molar-refractivity contribution in [3.05, 3.63) is 35.4 Å². The molecule has 1 saturated heterocycles. The van der Waals surface area contributed by atoms with Crippen molar-refractivity contribution in [1.82, 2.24) is 4.90 Å². The van der Waals surface area contributed by atoms with Crippen molar-refractivity contribution in [2.45, 2.75) is 25.3 Å². The van der Waals surface area contributed by atoms with Crippen LogP contribution in [0.15, 0.2) is 18.2 Å². The maximum absolute atomic E-state index is 13.8. The Morgan fingerprint density at radius 2 is 1.95 bits per heavy atom. The van der Waals surface area contributed by atoms with Crippen molar-refractivity contribution in [1.29, 1.82) is 0 Å². The van der Waals surface area contributed by atoms with E-state index in [2.05, 4.69) is 0 Å². The molecule has 0 atom stereocenters. The van der Waals surface area contributed by atoms with E-state index in [0.717, 1.165) is 18.2 Å². The van der Waals surface area contributed by atoms with E-state index < -0.39 is 23.5 Å². The Bertz CT molecular complexity index is 558. The van der Waals surface area contributed by atoms with Gasteiger partial charge >= 0.3 is 5.97 Å². The van der Waals surface area contributed by atoms with E-state index in [0.29, 0.717) is 26.1 Å². The number of carbonyl (C=O) groups is 2. The maximum Gasteiger partial charge on any atom is 0.305 e. The number of carbonyl (C=O) groups excluding carboxylic acids is 1. The number of nitrogens with zero attached hydrogens (tertiary/aromatic N) is 1. The predicted octanol–water partition coefficient (Wildman–Crippen LogP) is 2.06. The van der Waals surface area contributed by atoms with Crippen LogP contribution in [0, 0.1) is 11.6 Å². The van der Waals surface area contributed by atoms with Gasteiger partial charge in [-0.25, -0.2) is 8.78 Å². The van der Waals surface area contributed by atoms with E-state index in [9.17, 15) is 18.4 Å². The van der Waals surface area contributed by atoms with Gasteiger partial charge in [-0.3, -0.25) is 9.59 Å². The van der Waals surface area contributed by atoms with Gasteiger partial charge in [-0.05, 0) is 31.0 Å². The first-order valence-electron chi connectivity index (χ1n) is 7.04. The van der Waals surface area contributed by atoms with Gasteiger partial charge in [-0.15, -0.1) is 0 Å². The van der Waals surface area contributed by atoms with Gasteiger partial charge in [-0.2, -0.15) is 0 Å². The first-order valence-corrected chi connectivity index (χ1v) is 7.04. The summed E-state index contributed by atoms with van der Waals surface area (Å²) in [7, 11) is 0. The average Bonchev–Trinajstić information content (AvgIpc) is 2.50. The minimum absolute atomic E-state index is 0.0468. The summed E-state index contributed by atoms with van der Waals surface area (Å²) in [4.78, 5) is 24.6. The zero-order chi connectivity index (χ0) is 16.1. The molecule has 1 aromatic carbocycles. The fourth-order valence-electron chi connectivity index (χ4n) is 2.48. The van der Waals surface area contributed by atoms with Crippen LogP contribution in [0.2, 0.25) is 0 Å². The fourth-order valence-corrected chi connectivity index (χ4v) is 2.48. The van der Waals surface area contributed by atoms with Crippen molar-refractivity contribution >= 4 is 11.9 Å². The third-order valence-corrected chi connectivity index (χ3v) is 3.62. The minimum Gasteiger partial charge on any atom is -0.481 e. The van der Waals surface area contributed by atoms with Crippen LogP contribution < -0.4 is 0 Å². The normalized spacial score (nSPS) is 15.5. The van der Waals surface area contributed by atoms with Crippen LogP contribution in [-0.2, 0) is 9.53 Å². The lowest BCUT2D eigenvalue weighted by molar-refractivity contribution is -0.137. The fraction of sp³-hybridized carbons (Fsp3) is 0.467. The summed E-state index contributed by atoms with van der Waals surface area (Å²) in [6.45, 7) is 0.856. The second-order valence-corrected chi connectivity index (χ2v) is 5.11. The van der Waals surface area contributed by atoms with Crippen LogP contribution >= 0.6 is 0 Å². The van der Waals surface area contributed by atoms with E-state index in [-0.39, 0.29) is 24.6 Å². The Kier molecular flexibility index (Phi) is 5.43. The summed E-state index contributed by atoms with van der Waals surface area (Å²) >= 11 is 0. The second-order valence-electron chi connectivity index (χ2n) is 5.11. The molecular formula is C15H17F2NO4. The molecule has 2 rings (SSSR count). The van der Waals surface area contributed by atoms with Gasteiger partial charge < -0.3 is 14.7 Å². The lowest BCUT2D eigenvalue weighted by Crippen LogP contribution is -2.44. The molecule has 0 radical (unpaired) electrons. The topological polar surface area (TPSA) is 66.8 Å². The third-order valence-electron chi connectivity index (χ3n) is 3.62. The number of ether oxygens (including phenoxy) is 1. The largest absolute Gasteiger partial charge is 0.481 e. The Morgan fingerprint density at radius 3 is 2.59 bits per heavy atom. The Morgan fingerprint density at radius 1 is 1.27 bits per heavy atom. The molecule has 1 aliphatic heterocycles. The number of carboxylic acids is 1. The van der Waals surface area contributed by atoms with E-state index >= 15 is 0 Å². The molecule has 1 aromatic rings. The van der Waals surface area contributed by atoms with Crippen LogP contribution in [0.1, 0.15) is 29.6 Å². The molecule has 1 aliphatic rings.